The van der Waals surface area contributed by atoms with Crippen LogP contribution in [0.4, 0.5) is 0 Å². The Bertz CT molecular complexity index is 280. The van der Waals surface area contributed by atoms with Crippen molar-refractivity contribution in [2.45, 2.75) is 26.4 Å². The molecule has 5 nitrogen and oxygen atoms in total. The molecule has 0 aliphatic rings. The average Bonchev–Trinajstić information content (AvgIpc) is 2.34. The highest BCUT2D eigenvalue weighted by Crippen LogP contribution is 2.05. The molecule has 1 aromatic rings. The van der Waals surface area contributed by atoms with E-state index in [4.69, 9.17) is 0 Å². The molecule has 0 fully saturated rings. The third kappa shape index (κ3) is 2.05. The lowest BCUT2D eigenvalue weighted by Gasteiger charge is -2.02. The largest absolute Gasteiger partial charge is 0.270 e. The Hall–Kier alpha value is -1.39. The minimum Gasteiger partial charge on any atom is -0.270 e. The van der Waals surface area contributed by atoms with Crippen molar-refractivity contribution in [2.24, 2.45) is 0 Å². The van der Waals surface area contributed by atoms with Crippen LogP contribution in [0.1, 0.15) is 25.5 Å². The predicted octanol–water partition coefficient (Wildman–Crippen LogP) is 1.24. The van der Waals surface area contributed by atoms with Crippen molar-refractivity contribution in [3.8, 4) is 0 Å². The fourth-order valence-corrected chi connectivity index (χ4v) is 0.891. The van der Waals surface area contributed by atoms with E-state index in [-0.39, 0.29) is 17.5 Å². The molecule has 0 bridgehead atoms. The van der Waals surface area contributed by atoms with Crippen LogP contribution in [-0.2, 0) is 6.54 Å². The van der Waals surface area contributed by atoms with E-state index in [0.717, 1.165) is 0 Å². The van der Waals surface area contributed by atoms with Crippen LogP contribution >= 0.6 is 0 Å². The molecule has 0 saturated heterocycles. The van der Waals surface area contributed by atoms with Gasteiger partial charge in [-0.3, -0.25) is 14.8 Å². The molecule has 0 amide bonds. The minimum atomic E-state index is -0.359. The number of nitro groups is 1. The van der Waals surface area contributed by atoms with Crippen LogP contribution in [0.15, 0.2) is 12.4 Å². The normalized spacial score (nSPS) is 10.6. The van der Waals surface area contributed by atoms with Crippen LogP contribution in [0, 0.1) is 10.1 Å². The quantitative estimate of drug-likeness (QED) is 0.505. The van der Waals surface area contributed by atoms with Crippen molar-refractivity contribution >= 4 is 0 Å². The summed E-state index contributed by atoms with van der Waals surface area (Å²) in [7, 11) is 0. The Balaban J connectivity index is 2.70. The lowest BCUT2D eigenvalue weighted by molar-refractivity contribution is -0.496. The van der Waals surface area contributed by atoms with Crippen LogP contribution in [0.25, 0.3) is 0 Å². The summed E-state index contributed by atoms with van der Waals surface area (Å²) in [4.78, 5) is 9.76. The second kappa shape index (κ2) is 3.34. The first-order valence-electron chi connectivity index (χ1n) is 3.74. The number of rotatable bonds is 3. The zero-order valence-corrected chi connectivity index (χ0v) is 7.10. The maximum atomic E-state index is 10.1. The Morgan fingerprint density at radius 3 is 2.83 bits per heavy atom. The van der Waals surface area contributed by atoms with Gasteiger partial charge < -0.3 is 0 Å². The zero-order chi connectivity index (χ0) is 9.14. The van der Waals surface area contributed by atoms with Gasteiger partial charge in [-0.15, -0.1) is 0 Å². The molecule has 0 unspecified atom stereocenters. The fraction of sp³-hybridized carbons (Fsp3) is 0.571. The number of hydrogen-bond donors (Lipinski definition) is 0. The Morgan fingerprint density at radius 1 is 1.75 bits per heavy atom. The van der Waals surface area contributed by atoms with Gasteiger partial charge in [0.05, 0.1) is 11.8 Å². The van der Waals surface area contributed by atoms with E-state index < -0.39 is 0 Å². The molecule has 0 radical (unpaired) electrons. The summed E-state index contributed by atoms with van der Waals surface area (Å²) in [6.07, 6.45) is 3.23. The molecular weight excluding hydrogens is 158 g/mol. The highest BCUT2D eigenvalue weighted by molar-refractivity contribution is 5.01. The Kier molecular flexibility index (Phi) is 2.42. The van der Waals surface area contributed by atoms with Crippen LogP contribution < -0.4 is 0 Å². The molecule has 66 valence electrons. The number of hydrogen-bond acceptors (Lipinski definition) is 3. The minimum absolute atomic E-state index is 0.146. The molecular formula is C7H11N3O2. The monoisotopic (exact) mass is 169 g/mol. The van der Waals surface area contributed by atoms with Crippen LogP contribution in [-0.4, -0.2) is 14.7 Å². The highest BCUT2D eigenvalue weighted by Gasteiger charge is 2.05. The summed E-state index contributed by atoms with van der Waals surface area (Å²) in [6, 6.07) is 0.255. The second-order valence-electron chi connectivity index (χ2n) is 2.91. The molecule has 1 rings (SSSR count). The summed E-state index contributed by atoms with van der Waals surface area (Å²) in [5.74, 6) is 0. The lowest BCUT2D eigenvalue weighted by atomic mass is 10.3. The van der Waals surface area contributed by atoms with E-state index >= 15 is 0 Å². The molecule has 1 heterocycles. The predicted molar refractivity (Wildman–Crippen MR) is 43.3 cm³/mol. The molecule has 0 aliphatic carbocycles. The molecule has 5 heteroatoms. The van der Waals surface area contributed by atoms with Crippen LogP contribution in [0.2, 0.25) is 0 Å². The van der Waals surface area contributed by atoms with E-state index in [9.17, 15) is 10.1 Å². The molecule has 0 N–H and O–H groups in total. The van der Waals surface area contributed by atoms with Crippen LogP contribution in [0.5, 0.6) is 0 Å². The van der Waals surface area contributed by atoms with Crippen molar-refractivity contribution in [1.82, 2.24) is 9.78 Å². The van der Waals surface area contributed by atoms with Crippen molar-refractivity contribution in [2.75, 3.05) is 0 Å². The molecule has 1 aromatic heterocycles. The lowest BCUT2D eigenvalue weighted by Crippen LogP contribution is -2.00. The molecule has 0 atom stereocenters. The fourth-order valence-electron chi connectivity index (χ4n) is 0.891. The number of nitrogens with zero attached hydrogens (tertiary/aromatic N) is 3. The second-order valence-corrected chi connectivity index (χ2v) is 2.91. The Labute approximate surface area is 70.2 Å². The SMILES string of the molecule is CC(C)n1cc(C[N+](=O)[O-])cn1. The maximum Gasteiger partial charge on any atom is 0.231 e. The van der Waals surface area contributed by atoms with Gasteiger partial charge in [0, 0.05) is 17.2 Å². The summed E-state index contributed by atoms with van der Waals surface area (Å²) >= 11 is 0. The van der Waals surface area contributed by atoms with Gasteiger partial charge in [0.25, 0.3) is 0 Å². The third-order valence-electron chi connectivity index (χ3n) is 1.50. The van der Waals surface area contributed by atoms with Gasteiger partial charge in [-0.2, -0.15) is 5.10 Å². The first-order chi connectivity index (χ1) is 5.59. The van der Waals surface area contributed by atoms with Gasteiger partial charge in [-0.05, 0) is 13.8 Å². The van der Waals surface area contributed by atoms with E-state index in [0.29, 0.717) is 5.56 Å². The van der Waals surface area contributed by atoms with Gasteiger partial charge in [0.2, 0.25) is 6.54 Å². The third-order valence-corrected chi connectivity index (χ3v) is 1.50. The smallest absolute Gasteiger partial charge is 0.231 e. The summed E-state index contributed by atoms with van der Waals surface area (Å²) < 4.78 is 1.71. The van der Waals surface area contributed by atoms with Crippen molar-refractivity contribution < 1.29 is 4.92 Å². The average molecular weight is 169 g/mol. The summed E-state index contributed by atoms with van der Waals surface area (Å²) in [5, 5.41) is 14.1. The summed E-state index contributed by atoms with van der Waals surface area (Å²) in [6.45, 7) is 3.80. The standard InChI is InChI=1S/C7H11N3O2/c1-6(2)9-4-7(3-8-9)5-10(11)12/h3-4,6H,5H2,1-2H3. The van der Waals surface area contributed by atoms with Crippen LogP contribution in [0.3, 0.4) is 0 Å². The molecule has 0 aromatic carbocycles. The first-order valence-corrected chi connectivity index (χ1v) is 3.74. The van der Waals surface area contributed by atoms with Crippen molar-refractivity contribution in [1.29, 1.82) is 0 Å². The topological polar surface area (TPSA) is 61.0 Å². The first kappa shape index (κ1) is 8.70. The Morgan fingerprint density at radius 2 is 2.42 bits per heavy atom. The van der Waals surface area contributed by atoms with Gasteiger partial charge in [0.1, 0.15) is 0 Å². The van der Waals surface area contributed by atoms with Crippen molar-refractivity contribution in [3.05, 3.63) is 28.1 Å². The van der Waals surface area contributed by atoms with Gasteiger partial charge >= 0.3 is 0 Å². The van der Waals surface area contributed by atoms with Gasteiger partial charge in [-0.1, -0.05) is 0 Å². The van der Waals surface area contributed by atoms with Crippen molar-refractivity contribution in [3.63, 3.8) is 0 Å². The highest BCUT2D eigenvalue weighted by atomic mass is 16.6. The molecule has 0 spiro atoms. The van der Waals surface area contributed by atoms with Gasteiger partial charge in [0.15, 0.2) is 0 Å². The molecule has 0 aliphatic heterocycles. The van der Waals surface area contributed by atoms with E-state index in [1.54, 1.807) is 10.9 Å². The van der Waals surface area contributed by atoms with Gasteiger partial charge in [-0.25, -0.2) is 0 Å². The number of aromatic nitrogens is 2. The maximum absolute atomic E-state index is 10.1. The zero-order valence-electron chi connectivity index (χ0n) is 7.10. The molecule has 12 heavy (non-hydrogen) atoms. The van der Waals surface area contributed by atoms with E-state index in [1.165, 1.54) is 6.20 Å². The summed E-state index contributed by atoms with van der Waals surface area (Å²) in [5.41, 5.74) is 0.647. The molecule has 0 saturated carbocycles. The van der Waals surface area contributed by atoms with E-state index in [1.807, 2.05) is 13.8 Å². The van der Waals surface area contributed by atoms with E-state index in [2.05, 4.69) is 5.10 Å².